The number of nitrogen functional groups attached to an aromatic ring is 1. The third-order valence-electron chi connectivity index (χ3n) is 2.93. The van der Waals surface area contributed by atoms with Crippen molar-refractivity contribution in [1.29, 1.82) is 0 Å². The van der Waals surface area contributed by atoms with Gasteiger partial charge in [-0.2, -0.15) is 4.37 Å². The zero-order valence-corrected chi connectivity index (χ0v) is 9.85. The van der Waals surface area contributed by atoms with Crippen LogP contribution in [-0.4, -0.2) is 16.0 Å². The SMILES string of the molecule is CCOC1(c2nsc(N)n2)CCCCC1. The molecule has 5 heteroatoms. The molecule has 1 aliphatic carbocycles. The fourth-order valence-electron chi connectivity index (χ4n) is 2.25. The molecule has 0 amide bonds. The fourth-order valence-corrected chi connectivity index (χ4v) is 2.77. The molecule has 0 bridgehead atoms. The molecule has 4 nitrogen and oxygen atoms in total. The number of rotatable bonds is 3. The van der Waals surface area contributed by atoms with Gasteiger partial charge in [-0.3, -0.25) is 0 Å². The number of ether oxygens (including phenoxy) is 1. The van der Waals surface area contributed by atoms with Crippen molar-refractivity contribution in [2.24, 2.45) is 0 Å². The highest BCUT2D eigenvalue weighted by molar-refractivity contribution is 7.09. The van der Waals surface area contributed by atoms with Gasteiger partial charge in [-0.25, -0.2) is 4.98 Å². The second kappa shape index (κ2) is 4.45. The van der Waals surface area contributed by atoms with Crippen molar-refractivity contribution in [2.75, 3.05) is 12.3 Å². The minimum atomic E-state index is -0.249. The third kappa shape index (κ3) is 2.13. The monoisotopic (exact) mass is 227 g/mol. The lowest BCUT2D eigenvalue weighted by Crippen LogP contribution is -2.33. The lowest BCUT2D eigenvalue weighted by molar-refractivity contribution is -0.0758. The van der Waals surface area contributed by atoms with E-state index in [4.69, 9.17) is 10.5 Å². The first-order chi connectivity index (χ1) is 7.27. The summed E-state index contributed by atoms with van der Waals surface area (Å²) in [4.78, 5) is 4.29. The Labute approximate surface area is 94.0 Å². The average Bonchev–Trinajstić information content (AvgIpc) is 2.67. The van der Waals surface area contributed by atoms with E-state index in [9.17, 15) is 0 Å². The van der Waals surface area contributed by atoms with Gasteiger partial charge < -0.3 is 10.5 Å². The smallest absolute Gasteiger partial charge is 0.200 e. The van der Waals surface area contributed by atoms with Crippen LogP contribution in [0, 0.1) is 0 Å². The van der Waals surface area contributed by atoms with Crippen molar-refractivity contribution in [2.45, 2.75) is 44.6 Å². The van der Waals surface area contributed by atoms with Crippen molar-refractivity contribution >= 4 is 16.7 Å². The van der Waals surface area contributed by atoms with Gasteiger partial charge in [-0.05, 0) is 19.8 Å². The van der Waals surface area contributed by atoms with Gasteiger partial charge in [0.1, 0.15) is 5.60 Å². The summed E-state index contributed by atoms with van der Waals surface area (Å²) in [5.74, 6) is 0.798. The molecule has 2 rings (SSSR count). The van der Waals surface area contributed by atoms with Gasteiger partial charge in [-0.15, -0.1) is 0 Å². The van der Waals surface area contributed by atoms with E-state index in [0.29, 0.717) is 11.7 Å². The summed E-state index contributed by atoms with van der Waals surface area (Å²) in [6.45, 7) is 2.73. The molecule has 1 fully saturated rings. The van der Waals surface area contributed by atoms with Crippen molar-refractivity contribution in [1.82, 2.24) is 9.36 Å². The summed E-state index contributed by atoms with van der Waals surface area (Å²) < 4.78 is 10.2. The minimum absolute atomic E-state index is 0.249. The fraction of sp³-hybridized carbons (Fsp3) is 0.800. The Morgan fingerprint density at radius 3 is 2.67 bits per heavy atom. The Kier molecular flexibility index (Phi) is 3.21. The van der Waals surface area contributed by atoms with Crippen molar-refractivity contribution in [3.8, 4) is 0 Å². The van der Waals surface area contributed by atoms with E-state index < -0.39 is 0 Å². The molecule has 1 aromatic rings. The van der Waals surface area contributed by atoms with Crippen molar-refractivity contribution < 1.29 is 4.74 Å². The molecule has 1 aliphatic rings. The van der Waals surface area contributed by atoms with Crippen LogP contribution in [0.25, 0.3) is 0 Å². The first-order valence-electron chi connectivity index (χ1n) is 5.50. The van der Waals surface area contributed by atoms with Gasteiger partial charge in [0.05, 0.1) is 0 Å². The standard InChI is InChI=1S/C10H17N3OS/c1-2-14-10(6-4-3-5-7-10)8-12-9(11)15-13-8/h2-7H2,1H3,(H2,11,12,13). The number of nitrogens with two attached hydrogens (primary N) is 1. The van der Waals surface area contributed by atoms with E-state index in [1.165, 1.54) is 30.8 Å². The molecule has 1 heterocycles. The van der Waals surface area contributed by atoms with Crippen LogP contribution < -0.4 is 5.73 Å². The predicted molar refractivity (Wildman–Crippen MR) is 60.7 cm³/mol. The highest BCUT2D eigenvalue weighted by atomic mass is 32.1. The lowest BCUT2D eigenvalue weighted by atomic mass is 9.84. The summed E-state index contributed by atoms with van der Waals surface area (Å²) >= 11 is 1.26. The quantitative estimate of drug-likeness (QED) is 0.860. The molecule has 0 unspecified atom stereocenters. The molecule has 84 valence electrons. The third-order valence-corrected chi connectivity index (χ3v) is 3.47. The van der Waals surface area contributed by atoms with E-state index in [2.05, 4.69) is 9.36 Å². The van der Waals surface area contributed by atoms with Crippen LogP contribution in [0.15, 0.2) is 0 Å². The second-order valence-corrected chi connectivity index (χ2v) is 4.73. The summed E-state index contributed by atoms with van der Waals surface area (Å²) in [6, 6.07) is 0. The molecule has 0 radical (unpaired) electrons. The maximum atomic E-state index is 5.90. The predicted octanol–water partition coefficient (Wildman–Crippen LogP) is 2.32. The lowest BCUT2D eigenvalue weighted by Gasteiger charge is -2.34. The normalized spacial score (nSPS) is 20.3. The average molecular weight is 227 g/mol. The molecule has 0 atom stereocenters. The van der Waals surface area contributed by atoms with Crippen LogP contribution in [0.1, 0.15) is 44.9 Å². The Morgan fingerprint density at radius 2 is 2.13 bits per heavy atom. The molecule has 0 saturated heterocycles. The van der Waals surface area contributed by atoms with E-state index in [1.807, 2.05) is 6.92 Å². The van der Waals surface area contributed by atoms with Crippen LogP contribution in [0.4, 0.5) is 5.13 Å². The Bertz CT molecular complexity index is 315. The number of nitrogens with zero attached hydrogens (tertiary/aromatic N) is 2. The van der Waals surface area contributed by atoms with Gasteiger partial charge >= 0.3 is 0 Å². The van der Waals surface area contributed by atoms with Crippen LogP contribution in [0.3, 0.4) is 0 Å². The highest BCUT2D eigenvalue weighted by Gasteiger charge is 2.38. The molecule has 1 aromatic heterocycles. The van der Waals surface area contributed by atoms with Crippen LogP contribution in [-0.2, 0) is 10.3 Å². The molecule has 2 N–H and O–H groups in total. The summed E-state index contributed by atoms with van der Waals surface area (Å²) in [7, 11) is 0. The van der Waals surface area contributed by atoms with Crippen LogP contribution in [0.2, 0.25) is 0 Å². The zero-order valence-electron chi connectivity index (χ0n) is 9.03. The van der Waals surface area contributed by atoms with Crippen LogP contribution in [0.5, 0.6) is 0 Å². The Balaban J connectivity index is 2.24. The van der Waals surface area contributed by atoms with E-state index >= 15 is 0 Å². The molecule has 0 aromatic carbocycles. The van der Waals surface area contributed by atoms with E-state index in [0.717, 1.165) is 18.7 Å². The van der Waals surface area contributed by atoms with Gasteiger partial charge in [0.25, 0.3) is 0 Å². The van der Waals surface area contributed by atoms with Gasteiger partial charge in [0.15, 0.2) is 11.0 Å². The molecular formula is C10H17N3OS. The molecule has 1 saturated carbocycles. The molecule has 0 aliphatic heterocycles. The zero-order chi connectivity index (χ0) is 10.7. The van der Waals surface area contributed by atoms with E-state index in [-0.39, 0.29) is 5.60 Å². The van der Waals surface area contributed by atoms with Crippen molar-refractivity contribution in [3.05, 3.63) is 5.82 Å². The highest BCUT2D eigenvalue weighted by Crippen LogP contribution is 2.39. The van der Waals surface area contributed by atoms with Gasteiger partial charge in [-0.1, -0.05) is 19.3 Å². The Hall–Kier alpha value is -0.680. The maximum absolute atomic E-state index is 5.90. The van der Waals surface area contributed by atoms with E-state index in [1.54, 1.807) is 0 Å². The van der Waals surface area contributed by atoms with Crippen molar-refractivity contribution in [3.63, 3.8) is 0 Å². The van der Waals surface area contributed by atoms with Crippen LogP contribution >= 0.6 is 11.5 Å². The summed E-state index contributed by atoms with van der Waals surface area (Å²) in [5, 5.41) is 0.537. The molecular weight excluding hydrogens is 210 g/mol. The number of hydrogen-bond acceptors (Lipinski definition) is 5. The minimum Gasteiger partial charge on any atom is -0.374 e. The maximum Gasteiger partial charge on any atom is 0.200 e. The van der Waals surface area contributed by atoms with Gasteiger partial charge in [0, 0.05) is 18.1 Å². The summed E-state index contributed by atoms with van der Waals surface area (Å²) in [5.41, 5.74) is 5.38. The number of hydrogen-bond donors (Lipinski definition) is 1. The topological polar surface area (TPSA) is 61.0 Å². The summed E-state index contributed by atoms with van der Waals surface area (Å²) in [6.07, 6.45) is 5.72. The number of anilines is 1. The molecule has 0 spiro atoms. The first-order valence-corrected chi connectivity index (χ1v) is 6.28. The largest absolute Gasteiger partial charge is 0.374 e. The first kappa shape index (κ1) is 10.8. The second-order valence-electron chi connectivity index (χ2n) is 3.94. The Morgan fingerprint density at radius 1 is 1.40 bits per heavy atom. The number of aromatic nitrogens is 2. The van der Waals surface area contributed by atoms with Gasteiger partial charge in [0.2, 0.25) is 0 Å². The molecule has 15 heavy (non-hydrogen) atoms.